The van der Waals surface area contributed by atoms with Crippen molar-refractivity contribution in [2.24, 2.45) is 0 Å². The molecule has 0 fully saturated rings. The van der Waals surface area contributed by atoms with Crippen LogP contribution in [0, 0.1) is 0 Å². The molecule has 0 unspecified atom stereocenters. The zero-order valence-electron chi connectivity index (χ0n) is 11.1. The largest absolute Gasteiger partial charge is 0.492 e. The van der Waals surface area contributed by atoms with E-state index in [-0.39, 0.29) is 0 Å². The molecule has 0 bridgehead atoms. The summed E-state index contributed by atoms with van der Waals surface area (Å²) in [6, 6.07) is 5.48. The van der Waals surface area contributed by atoms with Crippen LogP contribution in [0.5, 0.6) is 5.75 Å². The molecule has 0 atom stereocenters. The van der Waals surface area contributed by atoms with Gasteiger partial charge in [-0.1, -0.05) is 77.3 Å². The third-order valence-corrected chi connectivity index (χ3v) is 4.31. The highest BCUT2D eigenvalue weighted by molar-refractivity contribution is 9.09. The monoisotopic (exact) mass is 366 g/mol. The lowest BCUT2D eigenvalue weighted by Gasteiger charge is -2.08. The van der Waals surface area contributed by atoms with E-state index in [4.69, 9.17) is 27.9 Å². The number of unbranched alkanes of at least 4 members (excludes halogenated alkanes) is 6. The van der Waals surface area contributed by atoms with Gasteiger partial charge in [0.1, 0.15) is 10.8 Å². The Hall–Kier alpha value is 0.0800. The van der Waals surface area contributed by atoms with Crippen molar-refractivity contribution < 1.29 is 4.74 Å². The van der Waals surface area contributed by atoms with Crippen LogP contribution in [0.4, 0.5) is 0 Å². The molecule has 1 aromatic carbocycles. The fourth-order valence-electron chi connectivity index (χ4n) is 1.86. The second kappa shape index (κ2) is 10.8. The number of ether oxygens (including phenoxy) is 1. The van der Waals surface area contributed by atoms with Gasteiger partial charge in [-0.05, 0) is 25.0 Å². The third kappa shape index (κ3) is 7.43. The highest BCUT2D eigenvalue weighted by atomic mass is 79.9. The van der Waals surface area contributed by atoms with Crippen LogP contribution in [-0.4, -0.2) is 11.9 Å². The number of benzene rings is 1. The Labute approximate surface area is 134 Å². The molecule has 108 valence electrons. The molecule has 0 heterocycles. The van der Waals surface area contributed by atoms with Gasteiger partial charge in [-0.2, -0.15) is 0 Å². The highest BCUT2D eigenvalue weighted by Crippen LogP contribution is 2.31. The Kier molecular flexibility index (Phi) is 9.76. The lowest BCUT2D eigenvalue weighted by molar-refractivity contribution is 0.304. The fourth-order valence-corrected chi connectivity index (χ4v) is 2.60. The lowest BCUT2D eigenvalue weighted by Crippen LogP contribution is -1.98. The van der Waals surface area contributed by atoms with Crippen LogP contribution in [0.3, 0.4) is 0 Å². The molecule has 1 rings (SSSR count). The molecule has 0 saturated carbocycles. The molecule has 0 aliphatic heterocycles. The predicted molar refractivity (Wildman–Crippen MR) is 88.1 cm³/mol. The van der Waals surface area contributed by atoms with Gasteiger partial charge >= 0.3 is 0 Å². The molecule has 1 nitrogen and oxygen atoms in total. The summed E-state index contributed by atoms with van der Waals surface area (Å²) in [4.78, 5) is 0. The summed E-state index contributed by atoms with van der Waals surface area (Å²) >= 11 is 15.4. The first-order valence-corrected chi connectivity index (χ1v) is 8.76. The number of hydrogen-bond donors (Lipinski definition) is 0. The summed E-state index contributed by atoms with van der Waals surface area (Å²) in [5, 5.41) is 2.19. The van der Waals surface area contributed by atoms with Crippen molar-refractivity contribution in [3.05, 3.63) is 28.2 Å². The van der Waals surface area contributed by atoms with E-state index >= 15 is 0 Å². The molecule has 0 aliphatic carbocycles. The molecule has 0 spiro atoms. The Bertz CT molecular complexity index is 358. The van der Waals surface area contributed by atoms with Gasteiger partial charge in [-0.25, -0.2) is 0 Å². The second-order valence-electron chi connectivity index (χ2n) is 4.56. The van der Waals surface area contributed by atoms with Crippen LogP contribution in [0.25, 0.3) is 0 Å². The highest BCUT2D eigenvalue weighted by Gasteiger charge is 2.04. The first kappa shape index (κ1) is 17.1. The maximum Gasteiger partial charge on any atom is 0.139 e. The Morgan fingerprint density at radius 3 is 2.21 bits per heavy atom. The molecule has 1 aromatic rings. The van der Waals surface area contributed by atoms with E-state index in [0.717, 1.165) is 11.8 Å². The predicted octanol–water partition coefficient (Wildman–Crippen LogP) is 6.50. The summed E-state index contributed by atoms with van der Waals surface area (Å²) < 4.78 is 5.64. The topological polar surface area (TPSA) is 9.23 Å². The summed E-state index contributed by atoms with van der Waals surface area (Å²) in [5.74, 6) is 0.687. The Morgan fingerprint density at radius 1 is 0.895 bits per heavy atom. The van der Waals surface area contributed by atoms with E-state index in [9.17, 15) is 0 Å². The molecular formula is C15H21BrCl2O. The van der Waals surface area contributed by atoms with Crippen molar-refractivity contribution in [1.82, 2.24) is 0 Å². The molecule has 0 amide bonds. The van der Waals surface area contributed by atoms with Crippen LogP contribution in [0.15, 0.2) is 18.2 Å². The molecule has 0 N–H and O–H groups in total. The maximum absolute atomic E-state index is 6.04. The van der Waals surface area contributed by atoms with Crippen molar-refractivity contribution >= 4 is 39.1 Å². The fraction of sp³-hybridized carbons (Fsp3) is 0.600. The van der Waals surface area contributed by atoms with Crippen molar-refractivity contribution in [1.29, 1.82) is 0 Å². The van der Waals surface area contributed by atoms with Gasteiger partial charge in [0, 0.05) is 5.33 Å². The molecule has 0 radical (unpaired) electrons. The van der Waals surface area contributed by atoms with Gasteiger partial charge in [0.05, 0.1) is 11.6 Å². The molecule has 0 aliphatic rings. The molecule has 0 aromatic heterocycles. The van der Waals surface area contributed by atoms with E-state index in [1.54, 1.807) is 6.07 Å². The van der Waals surface area contributed by atoms with Gasteiger partial charge in [0.25, 0.3) is 0 Å². The van der Waals surface area contributed by atoms with Crippen molar-refractivity contribution in [3.8, 4) is 5.75 Å². The third-order valence-electron chi connectivity index (χ3n) is 2.95. The molecule has 4 heteroatoms. The number of rotatable bonds is 10. The number of alkyl halides is 1. The van der Waals surface area contributed by atoms with Crippen LogP contribution in [0.2, 0.25) is 10.0 Å². The lowest BCUT2D eigenvalue weighted by atomic mass is 10.1. The average Bonchev–Trinajstić information content (AvgIpc) is 2.41. The quantitative estimate of drug-likeness (QED) is 0.338. The van der Waals surface area contributed by atoms with Crippen molar-refractivity contribution in [2.45, 2.75) is 44.9 Å². The van der Waals surface area contributed by atoms with E-state index in [0.29, 0.717) is 22.4 Å². The normalized spacial score (nSPS) is 10.7. The SMILES string of the molecule is Clc1cccc(OCCCCCCCCCBr)c1Cl. The van der Waals surface area contributed by atoms with Gasteiger partial charge < -0.3 is 4.74 Å². The van der Waals surface area contributed by atoms with Crippen LogP contribution in [0.1, 0.15) is 44.9 Å². The minimum Gasteiger partial charge on any atom is -0.492 e. The minimum atomic E-state index is 0.513. The second-order valence-corrected chi connectivity index (χ2v) is 6.14. The maximum atomic E-state index is 6.04. The number of hydrogen-bond acceptors (Lipinski definition) is 1. The van der Waals surface area contributed by atoms with Crippen molar-refractivity contribution in [3.63, 3.8) is 0 Å². The average molecular weight is 368 g/mol. The van der Waals surface area contributed by atoms with Crippen LogP contribution >= 0.6 is 39.1 Å². The standard InChI is InChI=1S/C15H21BrCl2O/c16-11-6-4-2-1-3-5-7-12-19-14-10-8-9-13(17)15(14)18/h8-10H,1-7,11-12H2. The van der Waals surface area contributed by atoms with Gasteiger partial charge in [-0.15, -0.1) is 0 Å². The molecule has 0 saturated heterocycles. The van der Waals surface area contributed by atoms with Gasteiger partial charge in [0.15, 0.2) is 0 Å². The Balaban J connectivity index is 2.03. The zero-order chi connectivity index (χ0) is 13.9. The summed E-state index contributed by atoms with van der Waals surface area (Å²) in [7, 11) is 0. The summed E-state index contributed by atoms with van der Waals surface area (Å²) in [6.45, 7) is 0.710. The Morgan fingerprint density at radius 2 is 1.53 bits per heavy atom. The molecule has 19 heavy (non-hydrogen) atoms. The molecular weight excluding hydrogens is 347 g/mol. The van der Waals surface area contributed by atoms with E-state index < -0.39 is 0 Å². The van der Waals surface area contributed by atoms with Crippen LogP contribution in [-0.2, 0) is 0 Å². The first-order chi connectivity index (χ1) is 9.25. The minimum absolute atomic E-state index is 0.513. The zero-order valence-corrected chi connectivity index (χ0v) is 14.2. The summed E-state index contributed by atoms with van der Waals surface area (Å²) in [6.07, 6.45) is 8.86. The van der Waals surface area contributed by atoms with Crippen molar-refractivity contribution in [2.75, 3.05) is 11.9 Å². The van der Waals surface area contributed by atoms with E-state index in [1.165, 1.54) is 38.5 Å². The number of halogens is 3. The smallest absolute Gasteiger partial charge is 0.139 e. The van der Waals surface area contributed by atoms with Crippen LogP contribution < -0.4 is 4.74 Å². The van der Waals surface area contributed by atoms with E-state index in [2.05, 4.69) is 15.9 Å². The van der Waals surface area contributed by atoms with E-state index in [1.807, 2.05) is 12.1 Å². The first-order valence-electron chi connectivity index (χ1n) is 6.88. The summed E-state index contributed by atoms with van der Waals surface area (Å²) in [5.41, 5.74) is 0. The van der Waals surface area contributed by atoms with Gasteiger partial charge in [-0.3, -0.25) is 0 Å². The van der Waals surface area contributed by atoms with Gasteiger partial charge in [0.2, 0.25) is 0 Å².